The van der Waals surface area contributed by atoms with Crippen molar-refractivity contribution in [3.63, 3.8) is 0 Å². The first-order chi connectivity index (χ1) is 7.87. The molecule has 1 aliphatic heterocycles. The average Bonchev–Trinajstić information content (AvgIpc) is 2.63. The molecule has 0 bridgehead atoms. The molecule has 2 N–H and O–H groups in total. The Balaban J connectivity index is 2.17. The Kier molecular flexibility index (Phi) is 5.33. The van der Waals surface area contributed by atoms with E-state index in [1.54, 1.807) is 0 Å². The molecule has 0 aromatic heterocycles. The van der Waals surface area contributed by atoms with Crippen molar-refractivity contribution in [3.8, 4) is 0 Å². The second kappa shape index (κ2) is 6.31. The van der Waals surface area contributed by atoms with Crippen molar-refractivity contribution in [2.75, 3.05) is 13.2 Å². The molecule has 1 fully saturated rings. The summed E-state index contributed by atoms with van der Waals surface area (Å²) in [4.78, 5) is 11.6. The molecule has 0 radical (unpaired) electrons. The van der Waals surface area contributed by atoms with E-state index in [9.17, 15) is 4.79 Å². The third kappa shape index (κ3) is 6.58. The molecule has 1 heterocycles. The van der Waals surface area contributed by atoms with Crippen molar-refractivity contribution in [3.05, 3.63) is 0 Å². The maximum Gasteiger partial charge on any atom is 0.226 e. The van der Waals surface area contributed by atoms with Crippen LogP contribution >= 0.6 is 12.2 Å². The van der Waals surface area contributed by atoms with Crippen LogP contribution in [-0.4, -0.2) is 30.3 Å². The number of amides is 1. The molecule has 5 heteroatoms. The van der Waals surface area contributed by atoms with Crippen LogP contribution in [0.15, 0.2) is 0 Å². The number of thiocarbonyl (C=S) groups is 1. The van der Waals surface area contributed by atoms with E-state index in [-0.39, 0.29) is 17.4 Å². The minimum absolute atomic E-state index is 0.0196. The first-order valence-electron chi connectivity index (χ1n) is 6.06. The van der Waals surface area contributed by atoms with E-state index in [0.29, 0.717) is 18.1 Å². The fraction of sp³-hybridized carbons (Fsp3) is 0.833. The van der Waals surface area contributed by atoms with Gasteiger partial charge in [0, 0.05) is 19.6 Å². The molecular weight excluding hydrogens is 236 g/mol. The molecule has 0 aromatic rings. The first-order valence-corrected chi connectivity index (χ1v) is 6.47. The summed E-state index contributed by atoms with van der Waals surface area (Å²) in [6, 6.07) is 0. The number of carbonyl (C=O) groups excluding carboxylic acids is 1. The third-order valence-corrected chi connectivity index (χ3v) is 2.70. The van der Waals surface area contributed by atoms with Crippen LogP contribution < -0.4 is 10.6 Å². The molecule has 17 heavy (non-hydrogen) atoms. The van der Waals surface area contributed by atoms with E-state index < -0.39 is 0 Å². The van der Waals surface area contributed by atoms with Gasteiger partial charge in [0.1, 0.15) is 0 Å². The van der Waals surface area contributed by atoms with Gasteiger partial charge in [-0.1, -0.05) is 20.8 Å². The van der Waals surface area contributed by atoms with Gasteiger partial charge in [0.15, 0.2) is 5.11 Å². The van der Waals surface area contributed by atoms with Gasteiger partial charge >= 0.3 is 0 Å². The summed E-state index contributed by atoms with van der Waals surface area (Å²) in [6.07, 6.45) is 2.86. The van der Waals surface area contributed by atoms with Gasteiger partial charge in [-0.2, -0.15) is 0 Å². The molecular formula is C12H22N2O2S. The van der Waals surface area contributed by atoms with E-state index in [2.05, 4.69) is 10.6 Å². The Morgan fingerprint density at radius 2 is 2.18 bits per heavy atom. The summed E-state index contributed by atoms with van der Waals surface area (Å²) in [5.41, 5.74) is -0.0196. The van der Waals surface area contributed by atoms with Crippen LogP contribution in [0.5, 0.6) is 0 Å². The number of rotatable bonds is 3. The second-order valence-corrected chi connectivity index (χ2v) is 6.04. The number of hydrogen-bond donors (Lipinski definition) is 2. The smallest absolute Gasteiger partial charge is 0.226 e. The van der Waals surface area contributed by atoms with Gasteiger partial charge in [-0.05, 0) is 30.5 Å². The van der Waals surface area contributed by atoms with Crippen LogP contribution in [0, 0.1) is 5.41 Å². The predicted molar refractivity (Wildman–Crippen MR) is 71.8 cm³/mol. The van der Waals surface area contributed by atoms with Crippen LogP contribution in [0.1, 0.15) is 40.0 Å². The maximum atomic E-state index is 11.6. The zero-order chi connectivity index (χ0) is 12.9. The van der Waals surface area contributed by atoms with Crippen molar-refractivity contribution in [1.29, 1.82) is 0 Å². The van der Waals surface area contributed by atoms with Crippen LogP contribution in [0.2, 0.25) is 0 Å². The highest BCUT2D eigenvalue weighted by Crippen LogP contribution is 2.17. The number of hydrogen-bond acceptors (Lipinski definition) is 3. The molecule has 1 aliphatic rings. The van der Waals surface area contributed by atoms with E-state index >= 15 is 0 Å². The molecule has 1 amide bonds. The fourth-order valence-corrected chi connectivity index (χ4v) is 1.91. The minimum atomic E-state index is -0.0395. The number of nitrogens with one attached hydrogen (secondary N) is 2. The van der Waals surface area contributed by atoms with Gasteiger partial charge in [0.25, 0.3) is 0 Å². The SMILES string of the molecule is CC(C)(C)CC(=O)NC(=S)NC[C@H]1CCCO1. The Labute approximate surface area is 108 Å². The Morgan fingerprint density at radius 1 is 1.47 bits per heavy atom. The fourth-order valence-electron chi connectivity index (χ4n) is 1.71. The van der Waals surface area contributed by atoms with Gasteiger partial charge in [-0.15, -0.1) is 0 Å². The lowest BCUT2D eigenvalue weighted by molar-refractivity contribution is -0.121. The second-order valence-electron chi connectivity index (χ2n) is 5.63. The lowest BCUT2D eigenvalue weighted by Crippen LogP contribution is -2.43. The number of ether oxygens (including phenoxy) is 1. The Hall–Kier alpha value is -0.680. The normalized spacial score (nSPS) is 20.1. The third-order valence-electron chi connectivity index (χ3n) is 2.46. The van der Waals surface area contributed by atoms with Gasteiger partial charge < -0.3 is 15.4 Å². The molecule has 1 rings (SSSR count). The summed E-state index contributed by atoms with van der Waals surface area (Å²) in [5, 5.41) is 6.10. The topological polar surface area (TPSA) is 50.4 Å². The average molecular weight is 258 g/mol. The molecule has 0 aliphatic carbocycles. The summed E-state index contributed by atoms with van der Waals surface area (Å²) in [6.45, 7) is 7.57. The monoisotopic (exact) mass is 258 g/mol. The highest BCUT2D eigenvalue weighted by Gasteiger charge is 2.18. The molecule has 98 valence electrons. The van der Waals surface area contributed by atoms with Crippen molar-refractivity contribution < 1.29 is 9.53 Å². The van der Waals surface area contributed by atoms with Crippen LogP contribution in [0.25, 0.3) is 0 Å². The van der Waals surface area contributed by atoms with E-state index in [0.717, 1.165) is 19.4 Å². The lowest BCUT2D eigenvalue weighted by Gasteiger charge is -2.18. The molecule has 0 unspecified atom stereocenters. The first kappa shape index (κ1) is 14.4. The van der Waals surface area contributed by atoms with E-state index in [1.807, 2.05) is 20.8 Å². The molecule has 1 saturated heterocycles. The molecule has 1 atom stereocenters. The van der Waals surface area contributed by atoms with Crippen molar-refractivity contribution >= 4 is 23.2 Å². The van der Waals surface area contributed by atoms with Crippen LogP contribution in [0.4, 0.5) is 0 Å². The van der Waals surface area contributed by atoms with Gasteiger partial charge in [-0.3, -0.25) is 4.79 Å². The molecule has 0 aromatic carbocycles. The van der Waals surface area contributed by atoms with Crippen molar-refractivity contribution in [2.45, 2.75) is 46.1 Å². The number of carbonyl (C=O) groups is 1. The quantitative estimate of drug-likeness (QED) is 0.755. The van der Waals surface area contributed by atoms with Crippen molar-refractivity contribution in [1.82, 2.24) is 10.6 Å². The van der Waals surface area contributed by atoms with Gasteiger partial charge in [0.2, 0.25) is 5.91 Å². The van der Waals surface area contributed by atoms with Crippen LogP contribution in [0.3, 0.4) is 0 Å². The summed E-state index contributed by atoms with van der Waals surface area (Å²) in [7, 11) is 0. The maximum absolute atomic E-state index is 11.6. The Bertz CT molecular complexity index is 281. The van der Waals surface area contributed by atoms with Crippen molar-refractivity contribution in [2.24, 2.45) is 5.41 Å². The van der Waals surface area contributed by atoms with E-state index in [1.165, 1.54) is 0 Å². The summed E-state index contributed by atoms with van der Waals surface area (Å²) in [5.74, 6) is -0.0395. The Morgan fingerprint density at radius 3 is 2.71 bits per heavy atom. The summed E-state index contributed by atoms with van der Waals surface area (Å²) < 4.78 is 5.45. The van der Waals surface area contributed by atoms with Gasteiger partial charge in [-0.25, -0.2) is 0 Å². The summed E-state index contributed by atoms with van der Waals surface area (Å²) >= 11 is 5.06. The predicted octanol–water partition coefficient (Wildman–Crippen LogP) is 1.59. The standard InChI is InChI=1S/C12H22N2O2S/c1-12(2,3)7-10(15)14-11(17)13-8-9-5-4-6-16-9/h9H,4-8H2,1-3H3,(H2,13,14,15,17)/t9-/m1/s1. The molecule has 0 saturated carbocycles. The highest BCUT2D eigenvalue weighted by atomic mass is 32.1. The van der Waals surface area contributed by atoms with E-state index in [4.69, 9.17) is 17.0 Å². The zero-order valence-corrected chi connectivity index (χ0v) is 11.7. The zero-order valence-electron chi connectivity index (χ0n) is 10.8. The van der Waals surface area contributed by atoms with Crippen LogP contribution in [-0.2, 0) is 9.53 Å². The largest absolute Gasteiger partial charge is 0.376 e. The highest BCUT2D eigenvalue weighted by molar-refractivity contribution is 7.80. The van der Waals surface area contributed by atoms with Gasteiger partial charge in [0.05, 0.1) is 6.10 Å². The molecule has 0 spiro atoms. The lowest BCUT2D eigenvalue weighted by atomic mass is 9.92. The molecule has 4 nitrogen and oxygen atoms in total. The minimum Gasteiger partial charge on any atom is -0.376 e.